The molecule has 1 unspecified atom stereocenters. The molecule has 108 valence electrons. The van der Waals surface area contributed by atoms with E-state index in [1.807, 2.05) is 6.92 Å². The Labute approximate surface area is 112 Å². The first-order chi connectivity index (χ1) is 8.43. The number of nitrogens with zero attached hydrogens (tertiary/aromatic N) is 1. The van der Waals surface area contributed by atoms with Crippen molar-refractivity contribution in [2.24, 2.45) is 5.92 Å². The molecule has 4 heteroatoms. The molecule has 0 aromatic heterocycles. The Balaban J connectivity index is 4.61. The van der Waals surface area contributed by atoms with Gasteiger partial charge in [-0.25, -0.2) is 0 Å². The average Bonchev–Trinajstić information content (AvgIpc) is 2.34. The van der Waals surface area contributed by atoms with E-state index in [0.29, 0.717) is 19.0 Å². The van der Waals surface area contributed by atoms with Gasteiger partial charge in [-0.1, -0.05) is 40.5 Å². The summed E-state index contributed by atoms with van der Waals surface area (Å²) in [5.41, 5.74) is -0.850. The minimum Gasteiger partial charge on any atom is -0.480 e. The predicted molar refractivity (Wildman–Crippen MR) is 75.9 cm³/mol. The lowest BCUT2D eigenvalue weighted by molar-refractivity contribution is -0.145. The van der Waals surface area contributed by atoms with Crippen molar-refractivity contribution in [2.45, 2.75) is 53.0 Å². The molecule has 0 aromatic rings. The van der Waals surface area contributed by atoms with Crippen molar-refractivity contribution in [2.75, 3.05) is 26.2 Å². The molecule has 0 saturated heterocycles. The Bertz CT molecular complexity index is 242. The molecule has 0 fully saturated rings. The third kappa shape index (κ3) is 5.36. The second-order valence-electron chi connectivity index (χ2n) is 5.18. The minimum absolute atomic E-state index is 0.559. The summed E-state index contributed by atoms with van der Waals surface area (Å²) in [7, 11) is 0. The van der Waals surface area contributed by atoms with Crippen molar-refractivity contribution in [1.29, 1.82) is 0 Å². The molecule has 0 radical (unpaired) electrons. The SMILES string of the molecule is CCNC(C)(CN(CC)CC(CC)CC)C(=O)O. The summed E-state index contributed by atoms with van der Waals surface area (Å²) in [5.74, 6) is -0.114. The number of hydrogen-bond donors (Lipinski definition) is 2. The van der Waals surface area contributed by atoms with E-state index in [9.17, 15) is 9.90 Å². The quantitative estimate of drug-likeness (QED) is 0.631. The first kappa shape index (κ1) is 17.4. The first-order valence-corrected chi connectivity index (χ1v) is 7.14. The molecule has 2 N–H and O–H groups in total. The number of likely N-dealkylation sites (N-methyl/N-ethyl adjacent to an activating group) is 2. The van der Waals surface area contributed by atoms with Crippen LogP contribution in [-0.2, 0) is 4.79 Å². The topological polar surface area (TPSA) is 52.6 Å². The highest BCUT2D eigenvalue weighted by atomic mass is 16.4. The second-order valence-corrected chi connectivity index (χ2v) is 5.18. The Kier molecular flexibility index (Phi) is 8.20. The highest BCUT2D eigenvalue weighted by molar-refractivity contribution is 5.78. The van der Waals surface area contributed by atoms with E-state index in [0.717, 1.165) is 25.9 Å². The van der Waals surface area contributed by atoms with Crippen LogP contribution in [0.1, 0.15) is 47.5 Å². The number of hydrogen-bond acceptors (Lipinski definition) is 3. The fourth-order valence-corrected chi connectivity index (χ4v) is 2.25. The highest BCUT2D eigenvalue weighted by Crippen LogP contribution is 2.13. The van der Waals surface area contributed by atoms with Crippen LogP contribution in [0.4, 0.5) is 0 Å². The van der Waals surface area contributed by atoms with Gasteiger partial charge >= 0.3 is 5.97 Å². The van der Waals surface area contributed by atoms with Crippen LogP contribution >= 0.6 is 0 Å². The van der Waals surface area contributed by atoms with Gasteiger partial charge < -0.3 is 15.3 Å². The van der Waals surface area contributed by atoms with Crippen molar-refractivity contribution in [3.8, 4) is 0 Å². The van der Waals surface area contributed by atoms with E-state index in [-0.39, 0.29) is 0 Å². The monoisotopic (exact) mass is 258 g/mol. The van der Waals surface area contributed by atoms with Crippen molar-refractivity contribution >= 4 is 5.97 Å². The number of carbonyl (C=O) groups is 1. The molecule has 0 aromatic carbocycles. The number of carboxylic acid groups (broad SMARTS) is 1. The Morgan fingerprint density at radius 2 is 1.83 bits per heavy atom. The lowest BCUT2D eigenvalue weighted by Gasteiger charge is -2.34. The van der Waals surface area contributed by atoms with E-state index >= 15 is 0 Å². The van der Waals surface area contributed by atoms with Crippen LogP contribution in [0, 0.1) is 5.92 Å². The fraction of sp³-hybridized carbons (Fsp3) is 0.929. The number of rotatable bonds is 10. The van der Waals surface area contributed by atoms with E-state index in [1.165, 1.54) is 0 Å². The summed E-state index contributed by atoms with van der Waals surface area (Å²) in [4.78, 5) is 13.6. The Morgan fingerprint density at radius 3 is 2.17 bits per heavy atom. The maximum Gasteiger partial charge on any atom is 0.324 e. The third-order valence-corrected chi connectivity index (χ3v) is 3.70. The third-order valence-electron chi connectivity index (χ3n) is 3.70. The zero-order valence-electron chi connectivity index (χ0n) is 12.6. The van der Waals surface area contributed by atoms with Crippen LogP contribution in [0.15, 0.2) is 0 Å². The van der Waals surface area contributed by atoms with Gasteiger partial charge in [0.25, 0.3) is 0 Å². The van der Waals surface area contributed by atoms with Gasteiger partial charge in [-0.2, -0.15) is 0 Å². The zero-order valence-corrected chi connectivity index (χ0v) is 12.6. The molecule has 4 nitrogen and oxygen atoms in total. The number of nitrogens with one attached hydrogen (secondary N) is 1. The van der Waals surface area contributed by atoms with E-state index < -0.39 is 11.5 Å². The summed E-state index contributed by atoms with van der Waals surface area (Å²) in [6.07, 6.45) is 2.30. The molecular weight excluding hydrogens is 228 g/mol. The van der Waals surface area contributed by atoms with Crippen LogP contribution in [0.25, 0.3) is 0 Å². The van der Waals surface area contributed by atoms with Gasteiger partial charge in [0, 0.05) is 13.1 Å². The standard InChI is InChI=1S/C14H30N2O2/c1-6-12(7-2)10-16(9-4)11-14(5,13(17)18)15-8-3/h12,15H,6-11H2,1-5H3,(H,17,18). The van der Waals surface area contributed by atoms with Gasteiger partial charge in [0.2, 0.25) is 0 Å². The average molecular weight is 258 g/mol. The van der Waals surface area contributed by atoms with Crippen LogP contribution in [0.3, 0.4) is 0 Å². The highest BCUT2D eigenvalue weighted by Gasteiger charge is 2.34. The van der Waals surface area contributed by atoms with Crippen molar-refractivity contribution in [3.63, 3.8) is 0 Å². The molecule has 0 aliphatic carbocycles. The van der Waals surface area contributed by atoms with E-state index in [1.54, 1.807) is 6.92 Å². The minimum atomic E-state index is -0.850. The Hall–Kier alpha value is -0.610. The molecular formula is C14H30N2O2. The zero-order chi connectivity index (χ0) is 14.2. The molecule has 0 aliphatic heterocycles. The predicted octanol–water partition coefficient (Wildman–Crippen LogP) is 2.20. The normalized spacial score (nSPS) is 15.1. The molecule has 0 spiro atoms. The molecule has 1 atom stereocenters. The van der Waals surface area contributed by atoms with Gasteiger partial charge in [-0.3, -0.25) is 4.79 Å². The summed E-state index contributed by atoms with van der Waals surface area (Å²) in [5, 5.41) is 12.5. The van der Waals surface area contributed by atoms with Crippen molar-refractivity contribution in [3.05, 3.63) is 0 Å². The van der Waals surface area contributed by atoms with Gasteiger partial charge in [0.1, 0.15) is 5.54 Å². The van der Waals surface area contributed by atoms with Crippen molar-refractivity contribution < 1.29 is 9.90 Å². The van der Waals surface area contributed by atoms with Crippen LogP contribution in [-0.4, -0.2) is 47.7 Å². The molecule has 0 rings (SSSR count). The first-order valence-electron chi connectivity index (χ1n) is 7.14. The van der Waals surface area contributed by atoms with Crippen LogP contribution < -0.4 is 5.32 Å². The van der Waals surface area contributed by atoms with Gasteiger partial charge in [-0.05, 0) is 25.9 Å². The van der Waals surface area contributed by atoms with Gasteiger partial charge in [-0.15, -0.1) is 0 Å². The fourth-order valence-electron chi connectivity index (χ4n) is 2.25. The lowest BCUT2D eigenvalue weighted by Crippen LogP contribution is -2.57. The molecule has 0 saturated carbocycles. The van der Waals surface area contributed by atoms with Crippen LogP contribution in [0.2, 0.25) is 0 Å². The maximum atomic E-state index is 11.4. The number of aliphatic carboxylic acids is 1. The molecule has 0 amide bonds. The lowest BCUT2D eigenvalue weighted by atomic mass is 9.98. The van der Waals surface area contributed by atoms with Gasteiger partial charge in [0.15, 0.2) is 0 Å². The Morgan fingerprint density at radius 1 is 1.28 bits per heavy atom. The molecule has 0 heterocycles. The largest absolute Gasteiger partial charge is 0.480 e. The van der Waals surface area contributed by atoms with E-state index in [2.05, 4.69) is 31.0 Å². The van der Waals surface area contributed by atoms with E-state index in [4.69, 9.17) is 0 Å². The van der Waals surface area contributed by atoms with Crippen LogP contribution in [0.5, 0.6) is 0 Å². The molecule has 18 heavy (non-hydrogen) atoms. The second kappa shape index (κ2) is 8.48. The smallest absolute Gasteiger partial charge is 0.324 e. The summed E-state index contributed by atoms with van der Waals surface area (Å²) in [6, 6.07) is 0. The summed E-state index contributed by atoms with van der Waals surface area (Å²) >= 11 is 0. The maximum absolute atomic E-state index is 11.4. The van der Waals surface area contributed by atoms with Crippen molar-refractivity contribution in [1.82, 2.24) is 10.2 Å². The summed E-state index contributed by atoms with van der Waals surface area (Å²) in [6.45, 7) is 13.3. The summed E-state index contributed by atoms with van der Waals surface area (Å²) < 4.78 is 0. The molecule has 0 aliphatic rings. The van der Waals surface area contributed by atoms with Gasteiger partial charge in [0.05, 0.1) is 0 Å². The molecule has 0 bridgehead atoms. The number of carboxylic acids is 1.